The summed E-state index contributed by atoms with van der Waals surface area (Å²) in [6.45, 7) is 14.7. The van der Waals surface area contributed by atoms with Crippen molar-refractivity contribution in [3.05, 3.63) is 0 Å². The van der Waals surface area contributed by atoms with Gasteiger partial charge in [0.05, 0.1) is 0 Å². The van der Waals surface area contributed by atoms with Crippen LogP contribution in [0.4, 0.5) is 0 Å². The molecule has 1 rings (SSSR count). The first-order valence-electron chi connectivity index (χ1n) is 10.7. The van der Waals surface area contributed by atoms with Crippen LogP contribution in [0, 0.1) is 11.8 Å². The summed E-state index contributed by atoms with van der Waals surface area (Å²) in [5.41, 5.74) is 0. The highest BCUT2D eigenvalue weighted by Gasteiger charge is 2.21. The summed E-state index contributed by atoms with van der Waals surface area (Å²) in [4.78, 5) is 28.6. The fourth-order valence-corrected chi connectivity index (χ4v) is 4.05. The molecule has 0 saturated carbocycles. The van der Waals surface area contributed by atoms with Gasteiger partial charge < -0.3 is 15.1 Å². The van der Waals surface area contributed by atoms with Crippen LogP contribution < -0.4 is 5.32 Å². The van der Waals surface area contributed by atoms with Gasteiger partial charge in [0.1, 0.15) is 0 Å². The summed E-state index contributed by atoms with van der Waals surface area (Å²) in [5.74, 6) is 1.84. The van der Waals surface area contributed by atoms with E-state index in [1.165, 1.54) is 19.5 Å². The molecular formula is C21H41N3O2. The number of likely N-dealkylation sites (tertiary alicyclic amines) is 1. The molecule has 0 bridgehead atoms. The van der Waals surface area contributed by atoms with Crippen LogP contribution >= 0.6 is 0 Å². The van der Waals surface area contributed by atoms with Gasteiger partial charge in [0, 0.05) is 45.6 Å². The van der Waals surface area contributed by atoms with Crippen LogP contribution in [0.2, 0.25) is 0 Å². The van der Waals surface area contributed by atoms with E-state index in [1.807, 2.05) is 4.90 Å². The second-order valence-electron chi connectivity index (χ2n) is 8.14. The summed E-state index contributed by atoms with van der Waals surface area (Å²) >= 11 is 0. The minimum absolute atomic E-state index is 0.0794. The van der Waals surface area contributed by atoms with Crippen LogP contribution in [0.1, 0.15) is 72.6 Å². The Morgan fingerprint density at radius 2 is 1.62 bits per heavy atom. The minimum atomic E-state index is 0.0794. The quantitative estimate of drug-likeness (QED) is 0.539. The lowest BCUT2D eigenvalue weighted by atomic mass is 9.92. The number of carbonyl (C=O) groups is 2. The summed E-state index contributed by atoms with van der Waals surface area (Å²) in [5, 5.41) is 3.01. The van der Waals surface area contributed by atoms with E-state index in [2.05, 4.69) is 37.9 Å². The maximum Gasteiger partial charge on any atom is 0.222 e. The molecule has 152 valence electrons. The van der Waals surface area contributed by atoms with Gasteiger partial charge in [-0.1, -0.05) is 27.7 Å². The molecular weight excluding hydrogens is 326 g/mol. The summed E-state index contributed by atoms with van der Waals surface area (Å²) < 4.78 is 0. The molecule has 0 aromatic carbocycles. The molecule has 26 heavy (non-hydrogen) atoms. The standard InChI is InChI=1S/C21H41N3O2/c1-5-12-24(13-6-2)21(26)10-7-9-20(25)22-11-8-14-23-16-18(3)15-19(4)17-23/h18-19H,5-17H2,1-4H3,(H,22,25). The molecule has 0 aliphatic carbocycles. The molecule has 2 amide bonds. The van der Waals surface area contributed by atoms with Crippen molar-refractivity contribution in [3.63, 3.8) is 0 Å². The Morgan fingerprint density at radius 1 is 1.00 bits per heavy atom. The Hall–Kier alpha value is -1.10. The van der Waals surface area contributed by atoms with E-state index < -0.39 is 0 Å². The number of carbonyl (C=O) groups excluding carboxylic acids is 2. The van der Waals surface area contributed by atoms with Gasteiger partial charge in [-0.15, -0.1) is 0 Å². The van der Waals surface area contributed by atoms with E-state index in [0.717, 1.165) is 57.3 Å². The van der Waals surface area contributed by atoms with Gasteiger partial charge in [-0.25, -0.2) is 0 Å². The molecule has 2 unspecified atom stereocenters. The van der Waals surface area contributed by atoms with Crippen LogP contribution in [0.25, 0.3) is 0 Å². The van der Waals surface area contributed by atoms with Gasteiger partial charge in [0.15, 0.2) is 0 Å². The van der Waals surface area contributed by atoms with Crippen molar-refractivity contribution >= 4 is 11.8 Å². The summed E-state index contributed by atoms with van der Waals surface area (Å²) in [6.07, 6.45) is 5.90. The average Bonchev–Trinajstić information content (AvgIpc) is 2.57. The maximum absolute atomic E-state index is 12.2. The molecule has 5 heteroatoms. The van der Waals surface area contributed by atoms with E-state index in [0.29, 0.717) is 19.3 Å². The van der Waals surface area contributed by atoms with Crippen molar-refractivity contribution in [3.8, 4) is 0 Å². The molecule has 5 nitrogen and oxygen atoms in total. The fourth-order valence-electron chi connectivity index (χ4n) is 4.05. The Labute approximate surface area is 160 Å². The normalized spacial score (nSPS) is 20.8. The highest BCUT2D eigenvalue weighted by atomic mass is 16.2. The first-order chi connectivity index (χ1) is 12.5. The summed E-state index contributed by atoms with van der Waals surface area (Å²) in [7, 11) is 0. The van der Waals surface area contributed by atoms with Crippen molar-refractivity contribution in [1.82, 2.24) is 15.1 Å². The maximum atomic E-state index is 12.2. The number of hydrogen-bond acceptors (Lipinski definition) is 3. The van der Waals surface area contributed by atoms with Gasteiger partial charge in [-0.3, -0.25) is 9.59 Å². The van der Waals surface area contributed by atoms with Crippen molar-refractivity contribution in [1.29, 1.82) is 0 Å². The SMILES string of the molecule is CCCN(CCC)C(=O)CCCC(=O)NCCCN1CC(C)CC(C)C1. The lowest BCUT2D eigenvalue weighted by Crippen LogP contribution is -2.40. The molecule has 1 fully saturated rings. The van der Waals surface area contributed by atoms with E-state index in [1.54, 1.807) is 0 Å². The first-order valence-corrected chi connectivity index (χ1v) is 10.7. The third-order valence-electron chi connectivity index (χ3n) is 5.05. The number of piperidine rings is 1. The Bertz CT molecular complexity index is 398. The van der Waals surface area contributed by atoms with Crippen LogP contribution in [0.3, 0.4) is 0 Å². The highest BCUT2D eigenvalue weighted by molar-refractivity contribution is 5.78. The summed E-state index contributed by atoms with van der Waals surface area (Å²) in [6, 6.07) is 0. The zero-order valence-corrected chi connectivity index (χ0v) is 17.6. The van der Waals surface area contributed by atoms with E-state index in [9.17, 15) is 9.59 Å². The van der Waals surface area contributed by atoms with Crippen molar-refractivity contribution in [2.45, 2.75) is 72.6 Å². The van der Waals surface area contributed by atoms with E-state index >= 15 is 0 Å². The number of amides is 2. The second-order valence-corrected chi connectivity index (χ2v) is 8.14. The molecule has 1 aliphatic heterocycles. The topological polar surface area (TPSA) is 52.7 Å². The van der Waals surface area contributed by atoms with Gasteiger partial charge in [0.2, 0.25) is 11.8 Å². The fraction of sp³-hybridized carbons (Fsp3) is 0.905. The highest BCUT2D eigenvalue weighted by Crippen LogP contribution is 2.20. The monoisotopic (exact) mass is 367 g/mol. The predicted molar refractivity (Wildman–Crippen MR) is 108 cm³/mol. The smallest absolute Gasteiger partial charge is 0.222 e. The van der Waals surface area contributed by atoms with Crippen molar-refractivity contribution < 1.29 is 9.59 Å². The largest absolute Gasteiger partial charge is 0.356 e. The van der Waals surface area contributed by atoms with Gasteiger partial charge in [-0.05, 0) is 50.5 Å². The molecule has 0 spiro atoms. The van der Waals surface area contributed by atoms with E-state index in [4.69, 9.17) is 0 Å². The van der Waals surface area contributed by atoms with Gasteiger partial charge in [0.25, 0.3) is 0 Å². The first kappa shape index (κ1) is 22.9. The number of nitrogens with zero attached hydrogens (tertiary/aromatic N) is 2. The molecule has 1 aliphatic rings. The van der Waals surface area contributed by atoms with Gasteiger partial charge >= 0.3 is 0 Å². The second kappa shape index (κ2) is 13.1. The molecule has 0 radical (unpaired) electrons. The lowest BCUT2D eigenvalue weighted by molar-refractivity contribution is -0.131. The molecule has 0 aromatic rings. The molecule has 1 heterocycles. The molecule has 0 aromatic heterocycles. The van der Waals surface area contributed by atoms with E-state index in [-0.39, 0.29) is 11.8 Å². The average molecular weight is 368 g/mol. The van der Waals surface area contributed by atoms with Crippen LogP contribution in [0.5, 0.6) is 0 Å². The van der Waals surface area contributed by atoms with Crippen LogP contribution in [0.15, 0.2) is 0 Å². The number of rotatable bonds is 12. The zero-order chi connectivity index (χ0) is 19.4. The Kier molecular flexibility index (Phi) is 11.6. The molecule has 2 atom stereocenters. The number of nitrogens with one attached hydrogen (secondary N) is 1. The van der Waals surface area contributed by atoms with Gasteiger partial charge in [-0.2, -0.15) is 0 Å². The third-order valence-corrected chi connectivity index (χ3v) is 5.05. The predicted octanol–water partition coefficient (Wildman–Crippen LogP) is 3.29. The minimum Gasteiger partial charge on any atom is -0.356 e. The van der Waals surface area contributed by atoms with Crippen molar-refractivity contribution in [2.24, 2.45) is 11.8 Å². The Balaban J connectivity index is 2.10. The third kappa shape index (κ3) is 9.56. The van der Waals surface area contributed by atoms with Crippen LogP contribution in [-0.2, 0) is 9.59 Å². The molecule has 1 N–H and O–H groups in total. The lowest BCUT2D eigenvalue weighted by Gasteiger charge is -2.34. The zero-order valence-electron chi connectivity index (χ0n) is 17.6. The Morgan fingerprint density at radius 3 is 2.19 bits per heavy atom. The van der Waals surface area contributed by atoms with Crippen molar-refractivity contribution in [2.75, 3.05) is 39.3 Å². The van der Waals surface area contributed by atoms with Crippen LogP contribution in [-0.4, -0.2) is 60.9 Å². The number of hydrogen-bond donors (Lipinski definition) is 1. The molecule has 1 saturated heterocycles.